The van der Waals surface area contributed by atoms with Gasteiger partial charge in [-0.25, -0.2) is 14.0 Å². The topological polar surface area (TPSA) is 67.7 Å². The van der Waals surface area contributed by atoms with E-state index in [1.54, 1.807) is 36.0 Å². The quantitative estimate of drug-likeness (QED) is 0.198. The standard InChI is InChI=1S/C31H31ClF4N4O3S3/c1-15-9-38(10-16(2)40(15)29(42)43-30(3,4)5)27-20-8-21(31(34,35)36)24(23-6-18(32)13-44-23)26-25(20)39(28(41)37-27)11-17(12-46-26)22-7-19(33)14-45-22/h6-8,13-17H,9-12H2,1-5H3/t15-,16+,17-/m0/s1. The summed E-state index contributed by atoms with van der Waals surface area (Å²) in [5, 5.41) is 3.44. The number of thioether (sulfide) groups is 1. The molecule has 2 aliphatic rings. The lowest BCUT2D eigenvalue weighted by Gasteiger charge is -2.45. The minimum absolute atomic E-state index is 0.0401. The van der Waals surface area contributed by atoms with Gasteiger partial charge < -0.3 is 9.64 Å². The van der Waals surface area contributed by atoms with Gasteiger partial charge in [0.2, 0.25) is 0 Å². The molecular weight excluding hydrogens is 684 g/mol. The highest BCUT2D eigenvalue weighted by molar-refractivity contribution is 7.99. The summed E-state index contributed by atoms with van der Waals surface area (Å²) in [6, 6.07) is 3.21. The van der Waals surface area contributed by atoms with Crippen LogP contribution in [-0.2, 0) is 17.5 Å². The maximum Gasteiger partial charge on any atom is 0.417 e. The maximum atomic E-state index is 15.0. The van der Waals surface area contributed by atoms with Crippen LogP contribution in [0.1, 0.15) is 51.0 Å². The van der Waals surface area contributed by atoms with E-state index in [0.29, 0.717) is 30.9 Å². The van der Waals surface area contributed by atoms with Gasteiger partial charge in [0.15, 0.2) is 0 Å². The molecule has 6 rings (SSSR count). The van der Waals surface area contributed by atoms with Gasteiger partial charge in [0.05, 0.1) is 28.2 Å². The number of hydrogen-bond donors (Lipinski definition) is 0. The third-order valence-corrected chi connectivity index (χ3v) is 11.6. The first-order chi connectivity index (χ1) is 21.5. The number of hydrogen-bond acceptors (Lipinski definition) is 8. The van der Waals surface area contributed by atoms with Crippen molar-refractivity contribution in [3.63, 3.8) is 0 Å². The second kappa shape index (κ2) is 12.0. The summed E-state index contributed by atoms with van der Waals surface area (Å²) in [7, 11) is 0. The first kappa shape index (κ1) is 33.1. The normalized spacial score (nSPS) is 20.7. The Hall–Kier alpha value is -2.81. The fraction of sp³-hybridized carbons (Fsp3) is 0.452. The van der Waals surface area contributed by atoms with E-state index in [0.717, 1.165) is 17.4 Å². The van der Waals surface area contributed by atoms with E-state index >= 15 is 0 Å². The van der Waals surface area contributed by atoms with Crippen LogP contribution < -0.4 is 10.6 Å². The van der Waals surface area contributed by atoms with Crippen molar-refractivity contribution in [2.24, 2.45) is 0 Å². The van der Waals surface area contributed by atoms with Crippen molar-refractivity contribution in [2.75, 3.05) is 23.7 Å². The molecule has 0 unspecified atom stereocenters. The maximum absolute atomic E-state index is 15.0. The number of amides is 1. The smallest absolute Gasteiger partial charge is 0.417 e. The number of carbonyl (C=O) groups is 1. The number of piperazine rings is 1. The second-order valence-corrected chi connectivity index (χ2v) is 16.0. The van der Waals surface area contributed by atoms with Crippen molar-refractivity contribution in [3.8, 4) is 10.4 Å². The van der Waals surface area contributed by atoms with Crippen LogP contribution in [0.25, 0.3) is 21.3 Å². The van der Waals surface area contributed by atoms with Crippen molar-refractivity contribution < 1.29 is 27.1 Å². The Labute approximate surface area is 280 Å². The molecule has 4 aromatic rings. The number of rotatable bonds is 3. The molecule has 0 saturated carbocycles. The number of ether oxygens (including phenoxy) is 1. The van der Waals surface area contributed by atoms with Gasteiger partial charge in [0.1, 0.15) is 17.2 Å². The Balaban J connectivity index is 1.55. The largest absolute Gasteiger partial charge is 0.444 e. The van der Waals surface area contributed by atoms with Gasteiger partial charge in [-0.15, -0.1) is 34.4 Å². The van der Waals surface area contributed by atoms with Gasteiger partial charge in [0.25, 0.3) is 0 Å². The molecule has 0 radical (unpaired) electrons. The minimum Gasteiger partial charge on any atom is -0.444 e. The summed E-state index contributed by atoms with van der Waals surface area (Å²) in [6.07, 6.45) is -5.23. The average Bonchev–Trinajstić information content (AvgIpc) is 3.51. The van der Waals surface area contributed by atoms with Crippen molar-refractivity contribution in [1.29, 1.82) is 0 Å². The summed E-state index contributed by atoms with van der Waals surface area (Å²) in [6.45, 7) is 9.56. The number of thiophene rings is 2. The molecule has 3 atom stereocenters. The molecule has 5 heterocycles. The monoisotopic (exact) mass is 714 g/mol. The predicted octanol–water partition coefficient (Wildman–Crippen LogP) is 8.72. The number of halogens is 5. The lowest BCUT2D eigenvalue weighted by molar-refractivity contribution is -0.137. The Morgan fingerprint density at radius 1 is 1.04 bits per heavy atom. The van der Waals surface area contributed by atoms with Gasteiger partial charge in [-0.05, 0) is 52.8 Å². The molecule has 0 spiro atoms. The Bertz CT molecular complexity index is 1870. The fourth-order valence-electron chi connectivity index (χ4n) is 6.20. The third-order valence-electron chi connectivity index (χ3n) is 7.96. The molecule has 0 aliphatic carbocycles. The van der Waals surface area contributed by atoms with Crippen LogP contribution in [0, 0.1) is 5.82 Å². The van der Waals surface area contributed by atoms with Gasteiger partial charge >= 0.3 is 18.0 Å². The SMILES string of the molecule is C[C@@H]1CN(c2nc(=O)n3c4c(c(-c5cc(Cl)cs5)c(C(F)(F)F)cc24)SC[C@@H](c2cc(F)cs2)C3)C[C@H](C)N1C(=O)OC(C)(C)C. The number of benzene rings is 1. The summed E-state index contributed by atoms with van der Waals surface area (Å²) >= 11 is 9.73. The van der Waals surface area contributed by atoms with Crippen molar-refractivity contribution in [3.05, 3.63) is 60.7 Å². The zero-order valence-corrected chi connectivity index (χ0v) is 28.8. The Morgan fingerprint density at radius 3 is 2.30 bits per heavy atom. The first-order valence-corrected chi connectivity index (χ1v) is 17.7. The number of nitrogens with zero attached hydrogens (tertiary/aromatic N) is 4. The molecule has 2 aliphatic heterocycles. The molecule has 1 aromatic carbocycles. The van der Waals surface area contributed by atoms with Crippen LogP contribution in [0.15, 0.2) is 38.6 Å². The van der Waals surface area contributed by atoms with Crippen molar-refractivity contribution in [2.45, 2.75) is 75.8 Å². The van der Waals surface area contributed by atoms with E-state index in [2.05, 4.69) is 4.98 Å². The molecule has 46 heavy (non-hydrogen) atoms. The molecular formula is C31H31ClF4N4O3S3. The predicted molar refractivity (Wildman–Crippen MR) is 176 cm³/mol. The third kappa shape index (κ3) is 6.25. The van der Waals surface area contributed by atoms with E-state index in [9.17, 15) is 27.2 Å². The number of anilines is 1. The molecule has 0 N–H and O–H groups in total. The highest BCUT2D eigenvalue weighted by Crippen LogP contribution is 2.51. The summed E-state index contributed by atoms with van der Waals surface area (Å²) in [5.74, 6) is -0.295. The van der Waals surface area contributed by atoms with E-state index in [-0.39, 0.29) is 42.3 Å². The molecule has 0 bridgehead atoms. The molecule has 246 valence electrons. The molecule has 1 saturated heterocycles. The van der Waals surface area contributed by atoms with Gasteiger partial charge in [-0.3, -0.25) is 9.47 Å². The van der Waals surface area contributed by atoms with Gasteiger partial charge in [-0.2, -0.15) is 18.2 Å². The van der Waals surface area contributed by atoms with E-state index in [1.807, 2.05) is 13.8 Å². The molecule has 15 heteroatoms. The van der Waals surface area contributed by atoms with Crippen molar-refractivity contribution in [1.82, 2.24) is 14.5 Å². The van der Waals surface area contributed by atoms with Crippen LogP contribution >= 0.6 is 46.0 Å². The summed E-state index contributed by atoms with van der Waals surface area (Å²) in [4.78, 5) is 36.1. The highest BCUT2D eigenvalue weighted by Gasteiger charge is 2.41. The molecule has 7 nitrogen and oxygen atoms in total. The van der Waals surface area contributed by atoms with Crippen LogP contribution in [0.5, 0.6) is 0 Å². The number of carbonyl (C=O) groups excluding carboxylic acids is 1. The molecule has 1 fully saturated rings. The lowest BCUT2D eigenvalue weighted by atomic mass is 10.00. The van der Waals surface area contributed by atoms with Crippen molar-refractivity contribution >= 4 is 68.9 Å². The zero-order valence-electron chi connectivity index (χ0n) is 25.6. The molecule has 3 aromatic heterocycles. The van der Waals surface area contributed by atoms with Crippen LogP contribution in [0.2, 0.25) is 5.02 Å². The van der Waals surface area contributed by atoms with E-state index in [1.165, 1.54) is 45.2 Å². The lowest BCUT2D eigenvalue weighted by Crippen LogP contribution is -2.59. The van der Waals surface area contributed by atoms with Crippen LogP contribution in [-0.4, -0.2) is 57.1 Å². The summed E-state index contributed by atoms with van der Waals surface area (Å²) in [5.41, 5.74) is -1.87. The Morgan fingerprint density at radius 2 is 1.74 bits per heavy atom. The van der Waals surface area contributed by atoms with E-state index < -0.39 is 47.0 Å². The van der Waals surface area contributed by atoms with Crippen LogP contribution in [0.3, 0.4) is 0 Å². The average molecular weight is 715 g/mol. The minimum atomic E-state index is -4.74. The zero-order chi connectivity index (χ0) is 33.3. The second-order valence-electron chi connectivity index (χ2n) is 12.6. The van der Waals surface area contributed by atoms with E-state index in [4.69, 9.17) is 16.3 Å². The summed E-state index contributed by atoms with van der Waals surface area (Å²) < 4.78 is 66.0. The highest BCUT2D eigenvalue weighted by atomic mass is 35.5. The van der Waals surface area contributed by atoms with Gasteiger partial charge in [-0.1, -0.05) is 11.6 Å². The number of aromatic nitrogens is 2. The fourth-order valence-corrected chi connectivity index (χ4v) is 9.73. The first-order valence-electron chi connectivity index (χ1n) is 14.6. The van der Waals surface area contributed by atoms with Crippen LogP contribution in [0.4, 0.5) is 28.2 Å². The Kier molecular flexibility index (Phi) is 8.65. The van der Waals surface area contributed by atoms with Gasteiger partial charge in [0, 0.05) is 67.7 Å². The number of alkyl halides is 3. The molecule has 1 amide bonds.